The van der Waals surface area contributed by atoms with E-state index in [0.717, 1.165) is 16.3 Å². The highest BCUT2D eigenvalue weighted by molar-refractivity contribution is 7.98. The van der Waals surface area contributed by atoms with Crippen LogP contribution in [-0.4, -0.2) is 78.4 Å². The Labute approximate surface area is 228 Å². The Hall–Kier alpha value is -3.11. The van der Waals surface area contributed by atoms with E-state index >= 15 is 0 Å². The molecule has 2 aromatic rings. The Morgan fingerprint density at radius 1 is 1.16 bits per heavy atom. The van der Waals surface area contributed by atoms with E-state index in [1.165, 1.54) is 0 Å². The van der Waals surface area contributed by atoms with Crippen LogP contribution in [0.1, 0.15) is 38.7 Å². The quantitative estimate of drug-likeness (QED) is 0.314. The van der Waals surface area contributed by atoms with Crippen molar-refractivity contribution in [1.29, 1.82) is 0 Å². The molecule has 0 spiro atoms. The lowest BCUT2D eigenvalue weighted by molar-refractivity contribution is -0.151. The maximum atomic E-state index is 13.1. The van der Waals surface area contributed by atoms with Gasteiger partial charge in [0, 0.05) is 26.1 Å². The van der Waals surface area contributed by atoms with Gasteiger partial charge in [-0.25, -0.2) is 4.79 Å². The second-order valence-corrected chi connectivity index (χ2v) is 10.7. The predicted molar refractivity (Wildman–Crippen MR) is 150 cm³/mol. The zero-order valence-corrected chi connectivity index (χ0v) is 23.1. The van der Waals surface area contributed by atoms with Crippen LogP contribution in [0.25, 0.3) is 10.8 Å². The number of carbonyl (C=O) groups excluding carboxylic acids is 4. The molecule has 0 aromatic heterocycles. The second-order valence-electron chi connectivity index (χ2n) is 9.69. The molecule has 9 nitrogen and oxygen atoms in total. The molecule has 206 valence electrons. The fourth-order valence-electron chi connectivity index (χ4n) is 4.40. The molecule has 2 atom stereocenters. The number of nitrogens with zero attached hydrogens (tertiary/aromatic N) is 1. The lowest BCUT2D eigenvalue weighted by Gasteiger charge is -2.25. The van der Waals surface area contributed by atoms with Crippen LogP contribution < -0.4 is 16.0 Å². The van der Waals surface area contributed by atoms with E-state index in [0.29, 0.717) is 44.6 Å². The van der Waals surface area contributed by atoms with E-state index in [2.05, 4.69) is 16.0 Å². The summed E-state index contributed by atoms with van der Waals surface area (Å²) in [4.78, 5) is 51.6. The number of hydrogen-bond donors (Lipinski definition) is 3. The highest BCUT2D eigenvalue weighted by atomic mass is 32.2. The van der Waals surface area contributed by atoms with Gasteiger partial charge in [0.1, 0.15) is 12.1 Å². The SMILES string of the molecule is CSCC[C@H](NC(=O)CN(CCNC(=O)[C@@H]1CCC(=O)N1)Cc1cccc2ccccc12)C(=O)OC(C)C. The fourth-order valence-corrected chi connectivity index (χ4v) is 4.87. The van der Waals surface area contributed by atoms with Crippen molar-refractivity contribution < 1.29 is 23.9 Å². The van der Waals surface area contributed by atoms with Crippen molar-refractivity contribution in [2.45, 2.75) is 57.8 Å². The number of thioether (sulfide) groups is 1. The summed E-state index contributed by atoms with van der Waals surface area (Å²) in [7, 11) is 0. The standard InChI is InChI=1S/C28H38N4O5S/c1-19(2)37-28(36)24(13-16-38-3)31-26(34)18-32(15-14-29-27(35)23-11-12-25(33)30-23)17-21-9-6-8-20-7-4-5-10-22(20)21/h4-10,19,23-24H,11-18H2,1-3H3,(H,29,35)(H,30,33)(H,31,34)/t23-,24-/m0/s1. The van der Waals surface area contributed by atoms with Crippen molar-refractivity contribution in [1.82, 2.24) is 20.9 Å². The molecule has 38 heavy (non-hydrogen) atoms. The van der Waals surface area contributed by atoms with Crippen molar-refractivity contribution >= 4 is 46.2 Å². The third-order valence-electron chi connectivity index (χ3n) is 6.26. The van der Waals surface area contributed by atoms with Crippen LogP contribution in [0, 0.1) is 0 Å². The molecule has 1 aliphatic heterocycles. The molecule has 0 unspecified atom stereocenters. The monoisotopic (exact) mass is 542 g/mol. The largest absolute Gasteiger partial charge is 0.461 e. The van der Waals surface area contributed by atoms with E-state index in [-0.39, 0.29) is 30.4 Å². The summed E-state index contributed by atoms with van der Waals surface area (Å²) < 4.78 is 5.35. The van der Waals surface area contributed by atoms with Crippen molar-refractivity contribution in [2.75, 3.05) is 31.6 Å². The van der Waals surface area contributed by atoms with Crippen LogP contribution in [0.5, 0.6) is 0 Å². The minimum Gasteiger partial charge on any atom is -0.461 e. The number of esters is 1. The minimum absolute atomic E-state index is 0.0456. The number of benzene rings is 2. The molecule has 3 rings (SSSR count). The fraction of sp³-hybridized carbons (Fsp3) is 0.500. The molecule has 1 aliphatic rings. The third kappa shape index (κ3) is 9.02. The summed E-state index contributed by atoms with van der Waals surface area (Å²) in [5, 5.41) is 10.6. The summed E-state index contributed by atoms with van der Waals surface area (Å²) >= 11 is 1.60. The van der Waals surface area contributed by atoms with Crippen molar-refractivity contribution in [3.8, 4) is 0 Å². The molecule has 3 N–H and O–H groups in total. The lowest BCUT2D eigenvalue weighted by atomic mass is 10.0. The van der Waals surface area contributed by atoms with Crippen LogP contribution in [0.15, 0.2) is 42.5 Å². The Balaban J connectivity index is 1.68. The number of rotatable bonds is 14. The summed E-state index contributed by atoms with van der Waals surface area (Å²) in [6.07, 6.45) is 2.99. The van der Waals surface area contributed by atoms with Gasteiger partial charge >= 0.3 is 5.97 Å². The van der Waals surface area contributed by atoms with Crippen molar-refractivity contribution in [3.63, 3.8) is 0 Å². The molecule has 10 heteroatoms. The summed E-state index contributed by atoms with van der Waals surface area (Å²) in [6, 6.07) is 12.9. The Kier molecular flexibility index (Phi) is 11.4. The first-order valence-electron chi connectivity index (χ1n) is 13.0. The second kappa shape index (κ2) is 14.7. The van der Waals surface area contributed by atoms with E-state index in [1.807, 2.05) is 53.6 Å². The molecular weight excluding hydrogens is 504 g/mol. The number of nitrogens with one attached hydrogen (secondary N) is 3. The van der Waals surface area contributed by atoms with E-state index < -0.39 is 18.1 Å². The van der Waals surface area contributed by atoms with Gasteiger partial charge in [0.25, 0.3) is 0 Å². The zero-order chi connectivity index (χ0) is 27.5. The van der Waals surface area contributed by atoms with Gasteiger partial charge in [-0.1, -0.05) is 42.5 Å². The Morgan fingerprint density at radius 3 is 2.63 bits per heavy atom. The molecule has 1 heterocycles. The maximum absolute atomic E-state index is 13.1. The number of ether oxygens (including phenoxy) is 1. The van der Waals surface area contributed by atoms with Gasteiger partial charge in [-0.05, 0) is 55.0 Å². The maximum Gasteiger partial charge on any atom is 0.328 e. The molecular formula is C28H38N4O5S. The van der Waals surface area contributed by atoms with Gasteiger partial charge in [0.15, 0.2) is 0 Å². The first-order chi connectivity index (χ1) is 18.3. The van der Waals surface area contributed by atoms with Crippen molar-refractivity contribution in [2.24, 2.45) is 0 Å². The summed E-state index contributed by atoms with van der Waals surface area (Å²) in [6.45, 7) is 4.81. The summed E-state index contributed by atoms with van der Waals surface area (Å²) in [5.74, 6) is -0.354. The van der Waals surface area contributed by atoms with Gasteiger partial charge < -0.3 is 20.7 Å². The van der Waals surface area contributed by atoms with Gasteiger partial charge in [-0.2, -0.15) is 11.8 Å². The number of amides is 3. The van der Waals surface area contributed by atoms with E-state index in [4.69, 9.17) is 4.74 Å². The minimum atomic E-state index is -0.720. The Bertz CT molecular complexity index is 1120. The zero-order valence-electron chi connectivity index (χ0n) is 22.3. The highest BCUT2D eigenvalue weighted by Crippen LogP contribution is 2.20. The predicted octanol–water partition coefficient (Wildman–Crippen LogP) is 2.23. The average molecular weight is 543 g/mol. The number of fused-ring (bicyclic) bond motifs is 1. The number of hydrogen-bond acceptors (Lipinski definition) is 7. The topological polar surface area (TPSA) is 117 Å². The first-order valence-corrected chi connectivity index (χ1v) is 14.4. The van der Waals surface area contributed by atoms with E-state index in [1.54, 1.807) is 25.6 Å². The van der Waals surface area contributed by atoms with Gasteiger partial charge in [-0.15, -0.1) is 0 Å². The highest BCUT2D eigenvalue weighted by Gasteiger charge is 2.27. The van der Waals surface area contributed by atoms with Crippen LogP contribution in [0.3, 0.4) is 0 Å². The van der Waals surface area contributed by atoms with Crippen LogP contribution >= 0.6 is 11.8 Å². The molecule has 0 bridgehead atoms. The van der Waals surface area contributed by atoms with Crippen LogP contribution in [0.4, 0.5) is 0 Å². The van der Waals surface area contributed by atoms with Gasteiger partial charge in [0.05, 0.1) is 12.6 Å². The third-order valence-corrected chi connectivity index (χ3v) is 6.91. The summed E-state index contributed by atoms with van der Waals surface area (Å²) in [5.41, 5.74) is 1.06. The molecule has 0 saturated carbocycles. The molecule has 2 aromatic carbocycles. The molecule has 0 aliphatic carbocycles. The average Bonchev–Trinajstić information content (AvgIpc) is 3.32. The van der Waals surface area contributed by atoms with Crippen LogP contribution in [-0.2, 0) is 30.5 Å². The normalized spacial score (nSPS) is 15.9. The van der Waals surface area contributed by atoms with Gasteiger partial charge in [-0.3, -0.25) is 19.3 Å². The first kappa shape index (κ1) is 29.4. The molecule has 1 saturated heterocycles. The number of carbonyl (C=O) groups is 4. The Morgan fingerprint density at radius 2 is 1.92 bits per heavy atom. The van der Waals surface area contributed by atoms with Crippen molar-refractivity contribution in [3.05, 3.63) is 48.0 Å². The van der Waals surface area contributed by atoms with E-state index in [9.17, 15) is 19.2 Å². The smallest absolute Gasteiger partial charge is 0.328 e. The molecule has 1 fully saturated rings. The molecule has 0 radical (unpaired) electrons. The van der Waals surface area contributed by atoms with Gasteiger partial charge in [0.2, 0.25) is 17.7 Å². The molecule has 3 amide bonds. The van der Waals surface area contributed by atoms with Crippen LogP contribution in [0.2, 0.25) is 0 Å². The lowest BCUT2D eigenvalue weighted by Crippen LogP contribution is -2.48.